The van der Waals surface area contributed by atoms with Gasteiger partial charge in [0.15, 0.2) is 0 Å². The lowest BCUT2D eigenvalue weighted by molar-refractivity contribution is -0.115. The minimum atomic E-state index is -1.06. The Balaban J connectivity index is 2.11. The van der Waals surface area contributed by atoms with Gasteiger partial charge >= 0.3 is 5.97 Å². The summed E-state index contributed by atoms with van der Waals surface area (Å²) in [5.74, 6) is -1.37. The molecule has 0 unspecified atom stereocenters. The number of anilines is 1. The number of rotatable bonds is 4. The van der Waals surface area contributed by atoms with Crippen molar-refractivity contribution < 1.29 is 14.7 Å². The number of benzene rings is 1. The zero-order valence-corrected chi connectivity index (χ0v) is 11.1. The van der Waals surface area contributed by atoms with Crippen LogP contribution in [0.25, 0.3) is 0 Å². The van der Waals surface area contributed by atoms with Crippen molar-refractivity contribution in [2.45, 2.75) is 6.42 Å². The number of carboxylic acid groups (broad SMARTS) is 1. The number of nitrogens with one attached hydrogen (secondary N) is 1. The van der Waals surface area contributed by atoms with Gasteiger partial charge in [0, 0.05) is 11.9 Å². The van der Waals surface area contributed by atoms with E-state index in [4.69, 9.17) is 16.7 Å². The van der Waals surface area contributed by atoms with E-state index in [1.54, 1.807) is 24.3 Å². The van der Waals surface area contributed by atoms with Crippen molar-refractivity contribution in [3.63, 3.8) is 0 Å². The van der Waals surface area contributed by atoms with Gasteiger partial charge in [-0.2, -0.15) is 0 Å². The summed E-state index contributed by atoms with van der Waals surface area (Å²) in [7, 11) is 0. The molecule has 2 rings (SSSR count). The Hall–Kier alpha value is -2.40. The molecule has 0 aliphatic heterocycles. The average molecular weight is 291 g/mol. The van der Waals surface area contributed by atoms with Crippen molar-refractivity contribution >= 4 is 29.2 Å². The fourth-order valence-corrected chi connectivity index (χ4v) is 1.92. The van der Waals surface area contributed by atoms with Crippen molar-refractivity contribution in [1.29, 1.82) is 0 Å². The summed E-state index contributed by atoms with van der Waals surface area (Å²) in [5.41, 5.74) is 1.09. The van der Waals surface area contributed by atoms with E-state index in [1.165, 1.54) is 18.3 Å². The molecule has 0 atom stereocenters. The molecule has 0 spiro atoms. The van der Waals surface area contributed by atoms with Gasteiger partial charge in [0.25, 0.3) is 0 Å². The van der Waals surface area contributed by atoms with E-state index in [2.05, 4.69) is 10.3 Å². The van der Waals surface area contributed by atoms with Crippen LogP contribution in [0, 0.1) is 0 Å². The first kappa shape index (κ1) is 14.0. The fraction of sp³-hybridized carbons (Fsp3) is 0.0714. The molecule has 2 aromatic rings. The highest BCUT2D eigenvalue weighted by molar-refractivity contribution is 6.29. The van der Waals surface area contributed by atoms with Crippen molar-refractivity contribution in [3.8, 4) is 0 Å². The Morgan fingerprint density at radius 3 is 2.70 bits per heavy atom. The maximum absolute atomic E-state index is 11.9. The first-order chi connectivity index (χ1) is 9.56. The van der Waals surface area contributed by atoms with Crippen molar-refractivity contribution in [1.82, 2.24) is 4.98 Å². The number of aromatic carboxylic acids is 1. The predicted molar refractivity (Wildman–Crippen MR) is 75.0 cm³/mol. The number of aromatic nitrogens is 1. The molecule has 0 radical (unpaired) electrons. The van der Waals surface area contributed by atoms with E-state index in [0.29, 0.717) is 11.3 Å². The number of amides is 1. The number of hydrogen-bond acceptors (Lipinski definition) is 3. The Labute approximate surface area is 120 Å². The molecule has 2 N–H and O–H groups in total. The Morgan fingerprint density at radius 1 is 1.25 bits per heavy atom. The second-order valence-corrected chi connectivity index (χ2v) is 4.44. The second-order valence-electron chi connectivity index (χ2n) is 4.05. The topological polar surface area (TPSA) is 79.3 Å². The van der Waals surface area contributed by atoms with Crippen molar-refractivity contribution in [3.05, 3.63) is 58.9 Å². The summed E-state index contributed by atoms with van der Waals surface area (Å²) in [6, 6.07) is 9.51. The number of carbonyl (C=O) groups excluding carboxylic acids is 1. The summed E-state index contributed by atoms with van der Waals surface area (Å²) in [6.45, 7) is 0. The van der Waals surface area contributed by atoms with E-state index in [0.717, 1.165) is 0 Å². The monoisotopic (exact) mass is 290 g/mol. The van der Waals surface area contributed by atoms with Gasteiger partial charge < -0.3 is 10.4 Å². The number of carbonyl (C=O) groups is 2. The Bertz CT molecular complexity index is 658. The fourth-order valence-electron chi connectivity index (χ4n) is 1.74. The SMILES string of the molecule is O=C(Cc1ccccc1C(=O)O)Nc1ccnc(Cl)c1. The zero-order chi connectivity index (χ0) is 14.5. The molecule has 1 aromatic carbocycles. The molecule has 20 heavy (non-hydrogen) atoms. The van der Waals surface area contributed by atoms with Crippen LogP contribution in [-0.2, 0) is 11.2 Å². The molecule has 0 aliphatic carbocycles. The predicted octanol–water partition coefficient (Wildman–Crippen LogP) is 2.61. The molecule has 1 heterocycles. The van der Waals surface area contributed by atoms with E-state index in [1.807, 2.05) is 0 Å². The van der Waals surface area contributed by atoms with Crippen LogP contribution in [0.3, 0.4) is 0 Å². The number of carboxylic acids is 1. The summed E-state index contributed by atoms with van der Waals surface area (Å²) >= 11 is 5.72. The summed E-state index contributed by atoms with van der Waals surface area (Å²) < 4.78 is 0. The molecule has 0 bridgehead atoms. The standard InChI is InChI=1S/C14H11ClN2O3/c15-12-8-10(5-6-16-12)17-13(18)7-9-3-1-2-4-11(9)14(19)20/h1-6,8H,7H2,(H,19,20)(H,16,17,18). The molecule has 0 saturated carbocycles. The van der Waals surface area contributed by atoms with Crippen LogP contribution in [0.4, 0.5) is 5.69 Å². The lowest BCUT2D eigenvalue weighted by atomic mass is 10.0. The van der Waals surface area contributed by atoms with E-state index in [-0.39, 0.29) is 23.0 Å². The first-order valence-electron chi connectivity index (χ1n) is 5.79. The average Bonchev–Trinajstić information content (AvgIpc) is 2.38. The smallest absolute Gasteiger partial charge is 0.335 e. The minimum Gasteiger partial charge on any atom is -0.478 e. The van der Waals surface area contributed by atoms with Crippen LogP contribution < -0.4 is 5.32 Å². The zero-order valence-electron chi connectivity index (χ0n) is 10.3. The van der Waals surface area contributed by atoms with Crippen LogP contribution in [-0.4, -0.2) is 22.0 Å². The summed E-state index contributed by atoms with van der Waals surface area (Å²) in [6.07, 6.45) is 1.45. The minimum absolute atomic E-state index is 0.0254. The van der Waals surface area contributed by atoms with Gasteiger partial charge in [-0.15, -0.1) is 0 Å². The summed E-state index contributed by atoms with van der Waals surface area (Å²) in [4.78, 5) is 26.8. The van der Waals surface area contributed by atoms with Gasteiger partial charge in [0.05, 0.1) is 12.0 Å². The highest BCUT2D eigenvalue weighted by Crippen LogP contribution is 2.14. The highest BCUT2D eigenvalue weighted by atomic mass is 35.5. The van der Waals surface area contributed by atoms with E-state index in [9.17, 15) is 9.59 Å². The maximum atomic E-state index is 11.9. The van der Waals surface area contributed by atoms with Crippen LogP contribution in [0.15, 0.2) is 42.6 Å². The number of hydrogen-bond donors (Lipinski definition) is 2. The molecule has 1 amide bonds. The van der Waals surface area contributed by atoms with E-state index >= 15 is 0 Å². The quantitative estimate of drug-likeness (QED) is 0.848. The van der Waals surface area contributed by atoms with Gasteiger partial charge in [-0.1, -0.05) is 29.8 Å². The number of halogens is 1. The van der Waals surface area contributed by atoms with Gasteiger partial charge in [0.1, 0.15) is 5.15 Å². The lowest BCUT2D eigenvalue weighted by Crippen LogP contribution is -2.16. The van der Waals surface area contributed by atoms with Gasteiger partial charge in [-0.05, 0) is 23.8 Å². The molecular formula is C14H11ClN2O3. The van der Waals surface area contributed by atoms with Crippen molar-refractivity contribution in [2.24, 2.45) is 0 Å². The van der Waals surface area contributed by atoms with Crippen molar-refractivity contribution in [2.75, 3.05) is 5.32 Å². The molecule has 1 aromatic heterocycles. The molecular weight excluding hydrogens is 280 g/mol. The largest absolute Gasteiger partial charge is 0.478 e. The molecule has 5 nitrogen and oxygen atoms in total. The Kier molecular flexibility index (Phi) is 4.32. The van der Waals surface area contributed by atoms with Crippen LogP contribution >= 0.6 is 11.6 Å². The molecule has 0 saturated heterocycles. The maximum Gasteiger partial charge on any atom is 0.335 e. The third kappa shape index (κ3) is 3.55. The molecule has 102 valence electrons. The van der Waals surface area contributed by atoms with E-state index < -0.39 is 5.97 Å². The Morgan fingerprint density at radius 2 is 2.00 bits per heavy atom. The molecule has 0 fully saturated rings. The highest BCUT2D eigenvalue weighted by Gasteiger charge is 2.12. The normalized spacial score (nSPS) is 10.1. The van der Waals surface area contributed by atoms with Crippen LogP contribution in [0.5, 0.6) is 0 Å². The number of pyridine rings is 1. The third-order valence-corrected chi connectivity index (χ3v) is 2.82. The lowest BCUT2D eigenvalue weighted by Gasteiger charge is -2.07. The third-order valence-electron chi connectivity index (χ3n) is 2.61. The molecule has 6 heteroatoms. The van der Waals surface area contributed by atoms with Gasteiger partial charge in [0.2, 0.25) is 5.91 Å². The number of nitrogens with zero attached hydrogens (tertiary/aromatic N) is 1. The van der Waals surface area contributed by atoms with Crippen LogP contribution in [0.1, 0.15) is 15.9 Å². The first-order valence-corrected chi connectivity index (χ1v) is 6.16. The van der Waals surface area contributed by atoms with Gasteiger partial charge in [-0.3, -0.25) is 4.79 Å². The summed E-state index contributed by atoms with van der Waals surface area (Å²) in [5, 5.41) is 12.0. The van der Waals surface area contributed by atoms with Crippen LogP contribution in [0.2, 0.25) is 5.15 Å². The van der Waals surface area contributed by atoms with Gasteiger partial charge in [-0.25, -0.2) is 9.78 Å². The second kappa shape index (κ2) is 6.16. The molecule has 0 aliphatic rings.